The molecule has 18 heavy (non-hydrogen) atoms. The van der Waals surface area contributed by atoms with Crippen molar-refractivity contribution in [3.8, 4) is 6.07 Å². The van der Waals surface area contributed by atoms with Crippen LogP contribution in [0.2, 0.25) is 0 Å². The van der Waals surface area contributed by atoms with Crippen LogP contribution in [-0.2, 0) is 0 Å². The molecule has 1 aromatic heterocycles. The quantitative estimate of drug-likeness (QED) is 0.843. The van der Waals surface area contributed by atoms with E-state index >= 15 is 0 Å². The van der Waals surface area contributed by atoms with Crippen LogP contribution in [-0.4, -0.2) is 4.98 Å². The van der Waals surface area contributed by atoms with Gasteiger partial charge in [0.1, 0.15) is 11.9 Å². The third-order valence-corrected chi connectivity index (χ3v) is 2.94. The summed E-state index contributed by atoms with van der Waals surface area (Å²) in [5.74, 6) is 0.953. The number of nitrogens with two attached hydrogens (primary N) is 1. The highest BCUT2D eigenvalue weighted by atomic mass is 15.0. The maximum Gasteiger partial charge on any atom is 0.151 e. The molecule has 0 bridgehead atoms. The van der Waals surface area contributed by atoms with Gasteiger partial charge in [0.05, 0.1) is 5.56 Å². The summed E-state index contributed by atoms with van der Waals surface area (Å²) in [6.45, 7) is 3.74. The van der Waals surface area contributed by atoms with Gasteiger partial charge in [-0.15, -0.1) is 0 Å². The normalized spacial score (nSPS) is 9.83. The molecule has 0 saturated heterocycles. The second kappa shape index (κ2) is 4.76. The van der Waals surface area contributed by atoms with Crippen LogP contribution in [0.1, 0.15) is 16.7 Å². The summed E-state index contributed by atoms with van der Waals surface area (Å²) in [5.41, 5.74) is 8.97. The first-order valence-corrected chi connectivity index (χ1v) is 5.62. The predicted octanol–water partition coefficient (Wildman–Crippen LogP) is 2.90. The first kappa shape index (κ1) is 11.9. The Morgan fingerprint density at radius 3 is 2.44 bits per heavy atom. The molecule has 1 heterocycles. The molecule has 2 aromatic rings. The van der Waals surface area contributed by atoms with E-state index in [2.05, 4.69) is 16.4 Å². The summed E-state index contributed by atoms with van der Waals surface area (Å²) >= 11 is 0. The molecule has 0 aliphatic heterocycles. The SMILES string of the molecule is Cc1c(N)nc(Nc2ccccc2)c(C#N)c1C. The standard InChI is InChI=1S/C14H14N4/c1-9-10(2)13(16)18-14(12(9)8-15)17-11-6-4-3-5-7-11/h3-7H,1-2H3,(H3,16,17,18). The Kier molecular flexibility index (Phi) is 3.16. The number of hydrogen-bond donors (Lipinski definition) is 2. The number of rotatable bonds is 2. The first-order valence-electron chi connectivity index (χ1n) is 5.62. The van der Waals surface area contributed by atoms with Crippen LogP contribution in [0.3, 0.4) is 0 Å². The smallest absolute Gasteiger partial charge is 0.151 e. The largest absolute Gasteiger partial charge is 0.383 e. The number of para-hydroxylation sites is 1. The lowest BCUT2D eigenvalue weighted by Crippen LogP contribution is -2.05. The lowest BCUT2D eigenvalue weighted by Gasteiger charge is -2.12. The Balaban J connectivity index is 2.49. The van der Waals surface area contributed by atoms with E-state index in [1.165, 1.54) is 0 Å². The van der Waals surface area contributed by atoms with Crippen molar-refractivity contribution in [2.75, 3.05) is 11.1 Å². The molecule has 0 saturated carbocycles. The minimum atomic E-state index is 0.449. The zero-order valence-corrected chi connectivity index (χ0v) is 10.4. The van der Waals surface area contributed by atoms with Crippen LogP contribution in [0.5, 0.6) is 0 Å². The molecule has 2 rings (SSSR count). The van der Waals surface area contributed by atoms with Gasteiger partial charge in [-0.25, -0.2) is 4.98 Å². The third kappa shape index (κ3) is 2.11. The van der Waals surface area contributed by atoms with Crippen LogP contribution < -0.4 is 11.1 Å². The Labute approximate surface area is 106 Å². The topological polar surface area (TPSA) is 74.7 Å². The average molecular weight is 238 g/mol. The van der Waals surface area contributed by atoms with Gasteiger partial charge < -0.3 is 11.1 Å². The molecule has 90 valence electrons. The van der Waals surface area contributed by atoms with E-state index in [0.717, 1.165) is 16.8 Å². The van der Waals surface area contributed by atoms with Crippen molar-refractivity contribution in [2.45, 2.75) is 13.8 Å². The highest BCUT2D eigenvalue weighted by Crippen LogP contribution is 2.26. The van der Waals surface area contributed by atoms with E-state index in [1.54, 1.807) is 0 Å². The highest BCUT2D eigenvalue weighted by molar-refractivity contribution is 5.68. The average Bonchev–Trinajstić information content (AvgIpc) is 2.38. The first-order chi connectivity index (χ1) is 8.63. The molecule has 0 radical (unpaired) electrons. The number of nitrogens with one attached hydrogen (secondary N) is 1. The third-order valence-electron chi connectivity index (χ3n) is 2.94. The fraction of sp³-hybridized carbons (Fsp3) is 0.143. The van der Waals surface area contributed by atoms with Crippen LogP contribution >= 0.6 is 0 Å². The minimum Gasteiger partial charge on any atom is -0.383 e. The van der Waals surface area contributed by atoms with Crippen molar-refractivity contribution < 1.29 is 0 Å². The van der Waals surface area contributed by atoms with Gasteiger partial charge in [0.15, 0.2) is 5.82 Å². The van der Waals surface area contributed by atoms with Crippen LogP contribution in [0, 0.1) is 25.2 Å². The molecule has 0 unspecified atom stereocenters. The van der Waals surface area contributed by atoms with Gasteiger partial charge in [0, 0.05) is 5.69 Å². The van der Waals surface area contributed by atoms with Crippen molar-refractivity contribution in [1.82, 2.24) is 4.98 Å². The van der Waals surface area contributed by atoms with Gasteiger partial charge >= 0.3 is 0 Å². The number of pyridine rings is 1. The molecule has 0 aliphatic rings. The van der Waals surface area contributed by atoms with Gasteiger partial charge in [-0.05, 0) is 37.1 Å². The molecule has 0 amide bonds. The molecule has 0 atom stereocenters. The van der Waals surface area contributed by atoms with E-state index in [-0.39, 0.29) is 0 Å². The highest BCUT2D eigenvalue weighted by Gasteiger charge is 2.12. The number of hydrogen-bond acceptors (Lipinski definition) is 4. The van der Waals surface area contributed by atoms with Crippen LogP contribution in [0.4, 0.5) is 17.3 Å². The minimum absolute atomic E-state index is 0.449. The molecule has 4 heteroatoms. The Bertz CT molecular complexity index is 612. The Morgan fingerprint density at radius 2 is 1.83 bits per heavy atom. The number of nitrogen functional groups attached to an aromatic ring is 1. The van der Waals surface area contributed by atoms with Gasteiger partial charge in [0.25, 0.3) is 0 Å². The maximum absolute atomic E-state index is 9.22. The molecular formula is C14H14N4. The van der Waals surface area contributed by atoms with Crippen molar-refractivity contribution in [3.63, 3.8) is 0 Å². The summed E-state index contributed by atoms with van der Waals surface area (Å²) in [4.78, 5) is 4.24. The van der Waals surface area contributed by atoms with E-state index in [0.29, 0.717) is 17.2 Å². The van der Waals surface area contributed by atoms with Gasteiger partial charge in [-0.1, -0.05) is 18.2 Å². The second-order valence-corrected chi connectivity index (χ2v) is 4.07. The number of nitriles is 1. The molecule has 0 fully saturated rings. The number of nitrogens with zero attached hydrogens (tertiary/aromatic N) is 2. The lowest BCUT2D eigenvalue weighted by atomic mass is 10.1. The molecule has 1 aromatic carbocycles. The fourth-order valence-corrected chi connectivity index (χ4v) is 1.70. The van der Waals surface area contributed by atoms with Crippen LogP contribution in [0.15, 0.2) is 30.3 Å². The summed E-state index contributed by atoms with van der Waals surface area (Å²) in [6.07, 6.45) is 0. The summed E-state index contributed by atoms with van der Waals surface area (Å²) < 4.78 is 0. The summed E-state index contributed by atoms with van der Waals surface area (Å²) in [6, 6.07) is 11.8. The monoisotopic (exact) mass is 238 g/mol. The zero-order valence-electron chi connectivity index (χ0n) is 10.4. The zero-order chi connectivity index (χ0) is 13.1. The van der Waals surface area contributed by atoms with E-state index < -0.39 is 0 Å². The van der Waals surface area contributed by atoms with Gasteiger partial charge in [-0.3, -0.25) is 0 Å². The van der Waals surface area contributed by atoms with E-state index in [9.17, 15) is 5.26 Å². The van der Waals surface area contributed by atoms with Crippen molar-refractivity contribution >= 4 is 17.3 Å². The molecule has 3 N–H and O–H groups in total. The second-order valence-electron chi connectivity index (χ2n) is 4.07. The number of benzene rings is 1. The van der Waals surface area contributed by atoms with Gasteiger partial charge in [-0.2, -0.15) is 5.26 Å². The molecule has 4 nitrogen and oxygen atoms in total. The molecule has 0 aliphatic carbocycles. The summed E-state index contributed by atoms with van der Waals surface area (Å²) in [7, 11) is 0. The van der Waals surface area contributed by atoms with Crippen LogP contribution in [0.25, 0.3) is 0 Å². The lowest BCUT2D eigenvalue weighted by molar-refractivity contribution is 1.20. The molecular weight excluding hydrogens is 224 g/mol. The number of anilines is 3. The van der Waals surface area contributed by atoms with Crippen molar-refractivity contribution in [2.24, 2.45) is 0 Å². The Morgan fingerprint density at radius 1 is 1.17 bits per heavy atom. The predicted molar refractivity (Wildman–Crippen MR) is 72.6 cm³/mol. The Hall–Kier alpha value is -2.54. The molecule has 0 spiro atoms. The fourth-order valence-electron chi connectivity index (χ4n) is 1.70. The van der Waals surface area contributed by atoms with E-state index in [4.69, 9.17) is 5.73 Å². The number of aromatic nitrogens is 1. The van der Waals surface area contributed by atoms with Crippen molar-refractivity contribution in [1.29, 1.82) is 5.26 Å². The maximum atomic E-state index is 9.22. The summed E-state index contributed by atoms with van der Waals surface area (Å²) in [5, 5.41) is 12.3. The van der Waals surface area contributed by atoms with Crippen molar-refractivity contribution in [3.05, 3.63) is 47.0 Å². The van der Waals surface area contributed by atoms with E-state index in [1.807, 2.05) is 44.2 Å². The van der Waals surface area contributed by atoms with Gasteiger partial charge in [0.2, 0.25) is 0 Å².